The summed E-state index contributed by atoms with van der Waals surface area (Å²) in [7, 11) is 0. The lowest BCUT2D eigenvalue weighted by Gasteiger charge is -2.06. The maximum atomic E-state index is 11.4. The molecule has 3 N–H and O–H groups in total. The first kappa shape index (κ1) is 11.1. The molecule has 1 aromatic rings. The second-order valence-corrected chi connectivity index (χ2v) is 4.18. The van der Waals surface area contributed by atoms with Crippen LogP contribution in [-0.2, 0) is 13.1 Å². The second kappa shape index (κ2) is 4.65. The number of amides is 2. The van der Waals surface area contributed by atoms with Crippen molar-refractivity contribution in [2.45, 2.75) is 38.9 Å². The van der Waals surface area contributed by atoms with Crippen LogP contribution in [0, 0.1) is 4.77 Å². The summed E-state index contributed by atoms with van der Waals surface area (Å²) in [6.45, 7) is 3.12. The first-order valence-electron chi connectivity index (χ1n) is 5.39. The van der Waals surface area contributed by atoms with Crippen LogP contribution in [0.5, 0.6) is 0 Å². The maximum absolute atomic E-state index is 11.4. The number of nitrogens with one attached hydrogen (secondary N) is 3. The van der Waals surface area contributed by atoms with Crippen molar-refractivity contribution in [3.63, 3.8) is 0 Å². The van der Waals surface area contributed by atoms with Crippen LogP contribution >= 0.6 is 12.2 Å². The Kier molecular flexibility index (Phi) is 3.23. The van der Waals surface area contributed by atoms with Crippen molar-refractivity contribution in [3.05, 3.63) is 10.6 Å². The van der Waals surface area contributed by atoms with Gasteiger partial charge >= 0.3 is 6.03 Å². The van der Waals surface area contributed by atoms with Crippen LogP contribution in [0.4, 0.5) is 4.79 Å². The highest BCUT2D eigenvalue weighted by Gasteiger charge is 2.23. The van der Waals surface area contributed by atoms with Crippen molar-refractivity contribution in [2.24, 2.45) is 0 Å². The first-order chi connectivity index (χ1) is 7.70. The first-order valence-corrected chi connectivity index (χ1v) is 5.80. The molecule has 1 aliphatic rings. The number of rotatable bonds is 4. The average molecular weight is 241 g/mol. The molecule has 0 atom stereocenters. The lowest BCUT2D eigenvalue weighted by Crippen LogP contribution is -2.36. The number of carbonyl (C=O) groups excluding carboxylic acids is 1. The summed E-state index contributed by atoms with van der Waals surface area (Å²) >= 11 is 5.05. The Morgan fingerprint density at radius 1 is 1.69 bits per heavy atom. The Labute approximate surface area is 98.4 Å². The van der Waals surface area contributed by atoms with E-state index in [4.69, 9.17) is 12.2 Å². The van der Waals surface area contributed by atoms with E-state index in [1.165, 1.54) is 0 Å². The van der Waals surface area contributed by atoms with Gasteiger partial charge < -0.3 is 15.2 Å². The zero-order valence-corrected chi connectivity index (χ0v) is 9.93. The number of hydrogen-bond donors (Lipinski definition) is 3. The molecule has 7 heteroatoms. The van der Waals surface area contributed by atoms with Gasteiger partial charge in [0.25, 0.3) is 0 Å². The summed E-state index contributed by atoms with van der Waals surface area (Å²) in [5, 5.41) is 12.4. The molecule has 0 aliphatic heterocycles. The van der Waals surface area contributed by atoms with E-state index in [1.54, 1.807) is 0 Å². The van der Waals surface area contributed by atoms with E-state index in [0.29, 0.717) is 17.4 Å². The van der Waals surface area contributed by atoms with Gasteiger partial charge in [0.15, 0.2) is 10.6 Å². The molecule has 1 heterocycles. The van der Waals surface area contributed by atoms with Gasteiger partial charge in [-0.05, 0) is 32.0 Å². The summed E-state index contributed by atoms with van der Waals surface area (Å²) in [6.07, 6.45) is 2.17. The zero-order valence-electron chi connectivity index (χ0n) is 9.12. The summed E-state index contributed by atoms with van der Waals surface area (Å²) in [5.74, 6) is 0.749. The van der Waals surface area contributed by atoms with Crippen molar-refractivity contribution in [1.29, 1.82) is 0 Å². The van der Waals surface area contributed by atoms with Crippen molar-refractivity contribution >= 4 is 18.2 Å². The SMILES string of the molecule is CCn1c(CNC(=O)NC2CC2)n[nH]c1=S. The topological polar surface area (TPSA) is 74.7 Å². The quantitative estimate of drug-likeness (QED) is 0.686. The number of carbonyl (C=O) groups is 1. The van der Waals surface area contributed by atoms with Gasteiger partial charge in [-0.1, -0.05) is 0 Å². The van der Waals surface area contributed by atoms with Crippen LogP contribution in [0.2, 0.25) is 0 Å². The van der Waals surface area contributed by atoms with Crippen LogP contribution in [0.1, 0.15) is 25.6 Å². The Hall–Kier alpha value is -1.37. The van der Waals surface area contributed by atoms with E-state index in [2.05, 4.69) is 20.8 Å². The van der Waals surface area contributed by atoms with Gasteiger partial charge in [0.1, 0.15) is 0 Å². The Morgan fingerprint density at radius 2 is 2.44 bits per heavy atom. The average Bonchev–Trinajstić information content (AvgIpc) is 2.98. The molecule has 16 heavy (non-hydrogen) atoms. The van der Waals surface area contributed by atoms with E-state index in [9.17, 15) is 4.79 Å². The summed E-state index contributed by atoms with van der Waals surface area (Å²) in [5.41, 5.74) is 0. The van der Waals surface area contributed by atoms with Gasteiger partial charge in [0, 0.05) is 12.6 Å². The summed E-state index contributed by atoms with van der Waals surface area (Å²) < 4.78 is 2.44. The highest BCUT2D eigenvalue weighted by Crippen LogP contribution is 2.18. The van der Waals surface area contributed by atoms with Crippen molar-refractivity contribution < 1.29 is 4.79 Å². The molecule has 2 rings (SSSR count). The monoisotopic (exact) mass is 241 g/mol. The number of aromatic amines is 1. The van der Waals surface area contributed by atoms with E-state index in [0.717, 1.165) is 25.2 Å². The zero-order chi connectivity index (χ0) is 11.5. The van der Waals surface area contributed by atoms with E-state index < -0.39 is 0 Å². The molecule has 0 aromatic carbocycles. The highest BCUT2D eigenvalue weighted by molar-refractivity contribution is 7.71. The molecule has 1 aromatic heterocycles. The normalized spacial score (nSPS) is 14.8. The Morgan fingerprint density at radius 3 is 3.06 bits per heavy atom. The Bertz CT molecular complexity index is 433. The third kappa shape index (κ3) is 2.60. The number of aromatic nitrogens is 3. The summed E-state index contributed by atoms with van der Waals surface area (Å²) in [6, 6.07) is 0.228. The molecule has 1 fully saturated rings. The van der Waals surface area contributed by atoms with Crippen molar-refractivity contribution in [2.75, 3.05) is 0 Å². The van der Waals surface area contributed by atoms with Crippen molar-refractivity contribution in [1.82, 2.24) is 25.4 Å². The Balaban J connectivity index is 1.88. The smallest absolute Gasteiger partial charge is 0.315 e. The molecular weight excluding hydrogens is 226 g/mol. The predicted molar refractivity (Wildman–Crippen MR) is 61.5 cm³/mol. The summed E-state index contributed by atoms with van der Waals surface area (Å²) in [4.78, 5) is 11.4. The fraction of sp³-hybridized carbons (Fsp3) is 0.667. The highest BCUT2D eigenvalue weighted by atomic mass is 32.1. The number of nitrogens with zero attached hydrogens (tertiary/aromatic N) is 2. The predicted octanol–water partition coefficient (Wildman–Crippen LogP) is 0.922. The third-order valence-electron chi connectivity index (χ3n) is 2.47. The van der Waals surface area contributed by atoms with Gasteiger partial charge in [0.05, 0.1) is 6.54 Å². The molecule has 6 nitrogen and oxygen atoms in total. The molecule has 0 bridgehead atoms. The van der Waals surface area contributed by atoms with E-state index in [-0.39, 0.29) is 6.03 Å². The number of H-pyrrole nitrogens is 1. The van der Waals surface area contributed by atoms with Gasteiger partial charge in [-0.15, -0.1) is 0 Å². The van der Waals surface area contributed by atoms with Crippen LogP contribution in [0.15, 0.2) is 0 Å². The molecule has 2 amide bonds. The molecule has 0 radical (unpaired) electrons. The van der Waals surface area contributed by atoms with E-state index in [1.807, 2.05) is 11.5 Å². The third-order valence-corrected chi connectivity index (χ3v) is 2.78. The van der Waals surface area contributed by atoms with E-state index >= 15 is 0 Å². The molecule has 0 saturated heterocycles. The molecule has 1 aliphatic carbocycles. The van der Waals surface area contributed by atoms with Crippen LogP contribution < -0.4 is 10.6 Å². The minimum absolute atomic E-state index is 0.140. The largest absolute Gasteiger partial charge is 0.335 e. The minimum atomic E-state index is -0.140. The molecular formula is C9H15N5OS. The molecule has 88 valence electrons. The standard InChI is InChI=1S/C9H15N5OS/c1-2-14-7(12-13-9(14)16)5-10-8(15)11-6-3-4-6/h6H,2-5H2,1H3,(H,13,16)(H2,10,11,15). The lowest BCUT2D eigenvalue weighted by atomic mass is 10.5. The van der Waals surface area contributed by atoms with Crippen molar-refractivity contribution in [3.8, 4) is 0 Å². The van der Waals surface area contributed by atoms with Gasteiger partial charge in [-0.25, -0.2) is 4.79 Å². The van der Waals surface area contributed by atoms with Crippen LogP contribution in [0.25, 0.3) is 0 Å². The second-order valence-electron chi connectivity index (χ2n) is 3.79. The minimum Gasteiger partial charge on any atom is -0.335 e. The molecule has 1 saturated carbocycles. The maximum Gasteiger partial charge on any atom is 0.315 e. The fourth-order valence-corrected chi connectivity index (χ4v) is 1.71. The van der Waals surface area contributed by atoms with Gasteiger partial charge in [-0.2, -0.15) is 5.10 Å². The van der Waals surface area contributed by atoms with Crippen LogP contribution in [-0.4, -0.2) is 26.8 Å². The number of urea groups is 1. The number of hydrogen-bond acceptors (Lipinski definition) is 3. The molecule has 0 spiro atoms. The van der Waals surface area contributed by atoms with Crippen LogP contribution in [0.3, 0.4) is 0 Å². The van der Waals surface area contributed by atoms with Gasteiger partial charge in [0.2, 0.25) is 0 Å². The molecule has 0 unspecified atom stereocenters. The lowest BCUT2D eigenvalue weighted by molar-refractivity contribution is 0.239. The fourth-order valence-electron chi connectivity index (χ4n) is 1.43. The van der Waals surface area contributed by atoms with Gasteiger partial charge in [-0.3, -0.25) is 5.10 Å².